The number of anilines is 1. The van der Waals surface area contributed by atoms with Crippen LogP contribution in [0, 0.1) is 12.7 Å². The number of carboxylic acids is 1. The first-order valence-electron chi connectivity index (χ1n) is 4.79. The third-order valence-corrected chi connectivity index (χ3v) is 3.39. The van der Waals surface area contributed by atoms with Crippen molar-refractivity contribution in [2.24, 2.45) is 0 Å². The Balaban J connectivity index is 2.83. The lowest BCUT2D eigenvalue weighted by Crippen LogP contribution is -2.19. The van der Waals surface area contributed by atoms with E-state index in [0.717, 1.165) is 0 Å². The Morgan fingerprint density at radius 2 is 2.12 bits per heavy atom. The van der Waals surface area contributed by atoms with Crippen LogP contribution in [0.15, 0.2) is 18.2 Å². The van der Waals surface area contributed by atoms with Crippen molar-refractivity contribution in [3.63, 3.8) is 0 Å². The first-order chi connectivity index (χ1) is 7.82. The molecule has 0 aliphatic carbocycles. The molecule has 1 aromatic rings. The van der Waals surface area contributed by atoms with Crippen LogP contribution in [0.1, 0.15) is 12.0 Å². The number of hydrogen-bond acceptors (Lipinski definition) is 3. The zero-order chi connectivity index (χ0) is 13.1. The summed E-state index contributed by atoms with van der Waals surface area (Å²) < 4.78 is 38.2. The van der Waals surface area contributed by atoms with Gasteiger partial charge in [0.15, 0.2) is 0 Å². The van der Waals surface area contributed by atoms with Gasteiger partial charge in [-0.25, -0.2) is 12.8 Å². The number of benzene rings is 1. The molecule has 0 atom stereocenters. The molecule has 0 spiro atoms. The molecule has 0 aliphatic rings. The number of carbonyl (C=O) groups is 1. The monoisotopic (exact) mass is 261 g/mol. The first-order valence-corrected chi connectivity index (χ1v) is 6.44. The number of nitrogens with one attached hydrogen (secondary N) is 1. The molecule has 0 unspecified atom stereocenters. The van der Waals surface area contributed by atoms with Crippen LogP contribution in [-0.2, 0) is 14.8 Å². The van der Waals surface area contributed by atoms with Crippen LogP contribution >= 0.6 is 0 Å². The van der Waals surface area contributed by atoms with Gasteiger partial charge in [-0.05, 0) is 19.1 Å². The van der Waals surface area contributed by atoms with Gasteiger partial charge in [0.25, 0.3) is 0 Å². The average Bonchev–Trinajstić information content (AvgIpc) is 2.22. The number of carboxylic acid groups (broad SMARTS) is 1. The van der Waals surface area contributed by atoms with Crippen LogP contribution in [0.3, 0.4) is 0 Å². The summed E-state index contributed by atoms with van der Waals surface area (Å²) in [5.74, 6) is -2.27. The molecule has 0 saturated carbocycles. The van der Waals surface area contributed by atoms with E-state index in [1.165, 1.54) is 25.1 Å². The predicted octanol–water partition coefficient (Wildman–Crippen LogP) is 1.35. The second-order valence-electron chi connectivity index (χ2n) is 3.48. The predicted molar refractivity (Wildman–Crippen MR) is 60.8 cm³/mol. The molecule has 1 rings (SSSR count). The summed E-state index contributed by atoms with van der Waals surface area (Å²) in [6, 6.07) is 4.00. The molecule has 2 N–H and O–H groups in total. The minimum atomic E-state index is -3.77. The molecular weight excluding hydrogens is 249 g/mol. The standard InChI is InChI=1S/C10H12FNO4S/c1-7-8(11)3-2-4-9(7)12-17(15,16)6-5-10(13)14/h2-4,12H,5-6H2,1H3,(H,13,14). The molecule has 0 amide bonds. The van der Waals surface area contributed by atoms with Crippen molar-refractivity contribution in [3.05, 3.63) is 29.6 Å². The van der Waals surface area contributed by atoms with Gasteiger partial charge in [-0.1, -0.05) is 6.07 Å². The smallest absolute Gasteiger partial charge is 0.304 e. The zero-order valence-electron chi connectivity index (χ0n) is 9.10. The van der Waals surface area contributed by atoms with Crippen LogP contribution in [0.5, 0.6) is 0 Å². The quantitative estimate of drug-likeness (QED) is 0.838. The maximum atomic E-state index is 13.1. The Morgan fingerprint density at radius 1 is 1.47 bits per heavy atom. The molecule has 0 aromatic heterocycles. The van der Waals surface area contributed by atoms with Gasteiger partial charge in [0.05, 0.1) is 17.9 Å². The summed E-state index contributed by atoms with van der Waals surface area (Å²) in [6.07, 6.45) is -0.496. The Bertz CT molecular complexity index is 527. The summed E-state index contributed by atoms with van der Waals surface area (Å²) in [5, 5.41) is 8.39. The van der Waals surface area contributed by atoms with Crippen molar-refractivity contribution < 1.29 is 22.7 Å². The number of aliphatic carboxylic acids is 1. The number of hydrogen-bond donors (Lipinski definition) is 2. The summed E-state index contributed by atoms with van der Waals surface area (Å²) in [7, 11) is -3.77. The van der Waals surface area contributed by atoms with Crippen molar-refractivity contribution in [2.45, 2.75) is 13.3 Å². The average molecular weight is 261 g/mol. The minimum absolute atomic E-state index is 0.121. The topological polar surface area (TPSA) is 83.5 Å². The van der Waals surface area contributed by atoms with Crippen LogP contribution < -0.4 is 4.72 Å². The largest absolute Gasteiger partial charge is 0.481 e. The SMILES string of the molecule is Cc1c(F)cccc1NS(=O)(=O)CCC(=O)O. The highest BCUT2D eigenvalue weighted by Gasteiger charge is 2.14. The van der Waals surface area contributed by atoms with E-state index >= 15 is 0 Å². The highest BCUT2D eigenvalue weighted by Crippen LogP contribution is 2.18. The lowest BCUT2D eigenvalue weighted by Gasteiger charge is -2.09. The van der Waals surface area contributed by atoms with Gasteiger partial charge < -0.3 is 5.11 Å². The van der Waals surface area contributed by atoms with E-state index < -0.39 is 34.0 Å². The number of sulfonamides is 1. The van der Waals surface area contributed by atoms with Crippen molar-refractivity contribution in [1.82, 2.24) is 0 Å². The van der Waals surface area contributed by atoms with Gasteiger partial charge >= 0.3 is 5.97 Å². The molecule has 1 aromatic carbocycles. The highest BCUT2D eigenvalue weighted by atomic mass is 32.2. The lowest BCUT2D eigenvalue weighted by atomic mass is 10.2. The molecule has 94 valence electrons. The van der Waals surface area contributed by atoms with Gasteiger partial charge in [-0.2, -0.15) is 0 Å². The maximum absolute atomic E-state index is 13.1. The fraction of sp³-hybridized carbons (Fsp3) is 0.300. The summed E-state index contributed by atoms with van der Waals surface area (Å²) >= 11 is 0. The Morgan fingerprint density at radius 3 is 2.71 bits per heavy atom. The minimum Gasteiger partial charge on any atom is -0.481 e. The Hall–Kier alpha value is -1.63. The second kappa shape index (κ2) is 5.13. The van der Waals surface area contributed by atoms with E-state index in [4.69, 9.17) is 5.11 Å². The van der Waals surface area contributed by atoms with E-state index in [-0.39, 0.29) is 11.3 Å². The maximum Gasteiger partial charge on any atom is 0.304 e. The van der Waals surface area contributed by atoms with E-state index in [2.05, 4.69) is 4.72 Å². The van der Waals surface area contributed by atoms with Crippen LogP contribution in [0.25, 0.3) is 0 Å². The molecule has 17 heavy (non-hydrogen) atoms. The molecular formula is C10H12FNO4S. The third-order valence-electron chi connectivity index (χ3n) is 2.12. The molecule has 0 bridgehead atoms. The molecule has 0 radical (unpaired) electrons. The second-order valence-corrected chi connectivity index (χ2v) is 5.32. The van der Waals surface area contributed by atoms with Crippen LogP contribution in [0.2, 0.25) is 0 Å². The van der Waals surface area contributed by atoms with E-state index in [9.17, 15) is 17.6 Å². The summed E-state index contributed by atoms with van der Waals surface area (Å²) in [6.45, 7) is 1.43. The fourth-order valence-electron chi connectivity index (χ4n) is 1.16. The van der Waals surface area contributed by atoms with Gasteiger partial charge in [0.1, 0.15) is 5.82 Å². The van der Waals surface area contributed by atoms with Crippen molar-refractivity contribution >= 4 is 21.7 Å². The fourth-order valence-corrected chi connectivity index (χ4v) is 2.26. The summed E-state index contributed by atoms with van der Waals surface area (Å²) in [4.78, 5) is 10.3. The van der Waals surface area contributed by atoms with Crippen molar-refractivity contribution in [3.8, 4) is 0 Å². The van der Waals surface area contributed by atoms with Gasteiger partial charge in [-0.15, -0.1) is 0 Å². The zero-order valence-corrected chi connectivity index (χ0v) is 9.92. The Labute approximate surface area is 98.3 Å². The van der Waals surface area contributed by atoms with Crippen LogP contribution in [-0.4, -0.2) is 25.2 Å². The van der Waals surface area contributed by atoms with E-state index in [1.807, 2.05) is 0 Å². The Kier molecular flexibility index (Phi) is 4.06. The van der Waals surface area contributed by atoms with Gasteiger partial charge in [0.2, 0.25) is 10.0 Å². The third kappa shape index (κ3) is 4.03. The van der Waals surface area contributed by atoms with E-state index in [0.29, 0.717) is 0 Å². The van der Waals surface area contributed by atoms with Gasteiger partial charge in [-0.3, -0.25) is 9.52 Å². The number of rotatable bonds is 5. The summed E-state index contributed by atoms with van der Waals surface area (Å²) in [5.41, 5.74) is 0.293. The lowest BCUT2D eigenvalue weighted by molar-refractivity contribution is -0.136. The molecule has 0 heterocycles. The molecule has 0 aliphatic heterocycles. The van der Waals surface area contributed by atoms with E-state index in [1.54, 1.807) is 0 Å². The molecule has 0 fully saturated rings. The van der Waals surface area contributed by atoms with Gasteiger partial charge in [0, 0.05) is 5.56 Å². The molecule has 0 saturated heterocycles. The highest BCUT2D eigenvalue weighted by molar-refractivity contribution is 7.92. The van der Waals surface area contributed by atoms with Crippen molar-refractivity contribution in [2.75, 3.05) is 10.5 Å². The van der Waals surface area contributed by atoms with Crippen molar-refractivity contribution in [1.29, 1.82) is 0 Å². The number of halogens is 1. The van der Waals surface area contributed by atoms with Crippen LogP contribution in [0.4, 0.5) is 10.1 Å². The molecule has 7 heteroatoms. The first kappa shape index (κ1) is 13.4. The normalized spacial score (nSPS) is 11.2. The molecule has 5 nitrogen and oxygen atoms in total.